The monoisotopic (exact) mass is 391 g/mol. The minimum atomic E-state index is 0.00990. The lowest BCUT2D eigenvalue weighted by atomic mass is 10.2. The fraction of sp³-hybridized carbons (Fsp3) is 0.294. The first-order valence-corrected chi connectivity index (χ1v) is 9.16. The van der Waals surface area contributed by atoms with Gasteiger partial charge in [0.1, 0.15) is 10.7 Å². The van der Waals surface area contributed by atoms with E-state index in [0.717, 1.165) is 34.0 Å². The van der Waals surface area contributed by atoms with Gasteiger partial charge in [0, 0.05) is 35.0 Å². The van der Waals surface area contributed by atoms with Gasteiger partial charge < -0.3 is 10.2 Å². The predicted molar refractivity (Wildman–Crippen MR) is 95.9 cm³/mol. The highest BCUT2D eigenvalue weighted by Crippen LogP contribution is 2.28. The van der Waals surface area contributed by atoms with Crippen molar-refractivity contribution in [2.24, 2.45) is 0 Å². The molecule has 1 aliphatic rings. The molecule has 0 radical (unpaired) electrons. The van der Waals surface area contributed by atoms with E-state index in [-0.39, 0.29) is 11.9 Å². The van der Waals surface area contributed by atoms with Gasteiger partial charge in [-0.3, -0.25) is 4.79 Å². The number of pyridine rings is 1. The van der Waals surface area contributed by atoms with Gasteiger partial charge in [-0.25, -0.2) is 4.98 Å². The van der Waals surface area contributed by atoms with E-state index < -0.39 is 0 Å². The number of rotatable bonds is 3. The summed E-state index contributed by atoms with van der Waals surface area (Å²) in [6.07, 6.45) is 0. The molecule has 0 saturated carbocycles. The quantitative estimate of drug-likeness (QED) is 0.870. The highest BCUT2D eigenvalue weighted by atomic mass is 79.9. The smallest absolute Gasteiger partial charge is 0.272 e. The van der Waals surface area contributed by atoms with Crippen LogP contribution in [-0.4, -0.2) is 41.5 Å². The summed E-state index contributed by atoms with van der Waals surface area (Å²) in [5.41, 5.74) is 0.513. The van der Waals surface area contributed by atoms with Gasteiger partial charge in [-0.05, 0) is 37.3 Å². The molecule has 0 bridgehead atoms. The maximum atomic E-state index is 12.7. The molecule has 1 aromatic carbocycles. The minimum Gasteiger partial charge on any atom is -0.332 e. The van der Waals surface area contributed by atoms with Crippen molar-refractivity contribution in [3.8, 4) is 0 Å². The first-order chi connectivity index (χ1) is 11.1. The second-order valence-corrected chi connectivity index (χ2v) is 7.48. The van der Waals surface area contributed by atoms with E-state index in [1.807, 2.05) is 41.3 Å². The molecule has 0 aliphatic carbocycles. The molecule has 1 aliphatic heterocycles. The summed E-state index contributed by atoms with van der Waals surface area (Å²) in [6.45, 7) is 4.45. The maximum absolute atomic E-state index is 12.7. The van der Waals surface area contributed by atoms with Gasteiger partial charge in [-0.1, -0.05) is 39.8 Å². The summed E-state index contributed by atoms with van der Waals surface area (Å²) in [4.78, 5) is 20.2. The molecule has 1 aromatic heterocycles. The molecule has 4 nitrogen and oxygen atoms in total. The fourth-order valence-corrected chi connectivity index (χ4v) is 3.95. The topological polar surface area (TPSA) is 45.2 Å². The number of piperazine rings is 1. The third-order valence-corrected chi connectivity index (χ3v) is 5.14. The summed E-state index contributed by atoms with van der Waals surface area (Å²) in [5.74, 6) is 0.00990. The minimum absolute atomic E-state index is 0.00990. The van der Waals surface area contributed by atoms with E-state index in [0.29, 0.717) is 5.69 Å². The molecule has 2 aromatic rings. The van der Waals surface area contributed by atoms with Crippen molar-refractivity contribution >= 4 is 33.6 Å². The Hall–Kier alpha value is -1.37. The van der Waals surface area contributed by atoms with Crippen molar-refractivity contribution in [3.63, 3.8) is 0 Å². The zero-order valence-corrected chi connectivity index (χ0v) is 15.2. The Labute approximate surface area is 148 Å². The Morgan fingerprint density at radius 1 is 1.35 bits per heavy atom. The van der Waals surface area contributed by atoms with Crippen LogP contribution in [0.5, 0.6) is 0 Å². The van der Waals surface area contributed by atoms with E-state index in [2.05, 4.69) is 33.2 Å². The molecule has 120 valence electrons. The molecule has 1 saturated heterocycles. The summed E-state index contributed by atoms with van der Waals surface area (Å²) < 4.78 is 1.03. The molecular weight excluding hydrogens is 374 g/mol. The number of carbonyl (C=O) groups is 1. The molecule has 2 heterocycles. The summed E-state index contributed by atoms with van der Waals surface area (Å²) in [6, 6.07) is 13.9. The highest BCUT2D eigenvalue weighted by Gasteiger charge is 2.24. The first kappa shape index (κ1) is 16.5. The van der Waals surface area contributed by atoms with Crippen molar-refractivity contribution < 1.29 is 4.79 Å². The Kier molecular flexibility index (Phi) is 5.35. The van der Waals surface area contributed by atoms with E-state index in [9.17, 15) is 4.79 Å². The van der Waals surface area contributed by atoms with Crippen LogP contribution in [0, 0.1) is 0 Å². The second kappa shape index (κ2) is 7.47. The number of aromatic nitrogens is 1. The van der Waals surface area contributed by atoms with Gasteiger partial charge in [-0.15, -0.1) is 0 Å². The SMILES string of the molecule is CC1CNCCN1C(=O)c1cccc(Sc2cccc(Br)c2)n1. The van der Waals surface area contributed by atoms with Crippen molar-refractivity contribution in [1.82, 2.24) is 15.2 Å². The Morgan fingerprint density at radius 3 is 2.96 bits per heavy atom. The summed E-state index contributed by atoms with van der Waals surface area (Å²) in [5, 5.41) is 4.13. The van der Waals surface area contributed by atoms with Crippen LogP contribution < -0.4 is 5.32 Å². The van der Waals surface area contributed by atoms with Gasteiger partial charge in [0.25, 0.3) is 5.91 Å². The lowest BCUT2D eigenvalue weighted by molar-refractivity contribution is 0.0649. The molecule has 23 heavy (non-hydrogen) atoms. The van der Waals surface area contributed by atoms with Crippen molar-refractivity contribution in [3.05, 3.63) is 52.6 Å². The third-order valence-electron chi connectivity index (χ3n) is 3.72. The molecule has 1 atom stereocenters. The number of amides is 1. The average Bonchev–Trinajstić information content (AvgIpc) is 2.55. The third kappa shape index (κ3) is 4.13. The first-order valence-electron chi connectivity index (χ1n) is 7.55. The van der Waals surface area contributed by atoms with Crippen LogP contribution in [-0.2, 0) is 0 Å². The normalized spacial score (nSPS) is 18.0. The standard InChI is InChI=1S/C17H18BrN3OS/c1-12-11-19-8-9-21(12)17(22)15-6-3-7-16(20-15)23-14-5-2-4-13(18)10-14/h2-7,10,12,19H,8-9,11H2,1H3. The van der Waals surface area contributed by atoms with Gasteiger partial charge in [0.15, 0.2) is 0 Å². The van der Waals surface area contributed by atoms with Crippen LogP contribution in [0.3, 0.4) is 0 Å². The number of nitrogens with one attached hydrogen (secondary N) is 1. The fourth-order valence-electron chi connectivity index (χ4n) is 2.53. The number of carbonyl (C=O) groups excluding carboxylic acids is 1. The Bertz CT molecular complexity index is 710. The molecule has 1 N–H and O–H groups in total. The van der Waals surface area contributed by atoms with Gasteiger partial charge >= 0.3 is 0 Å². The van der Waals surface area contributed by atoms with Crippen LogP contribution in [0.1, 0.15) is 17.4 Å². The Morgan fingerprint density at radius 2 is 2.17 bits per heavy atom. The number of hydrogen-bond donors (Lipinski definition) is 1. The highest BCUT2D eigenvalue weighted by molar-refractivity contribution is 9.10. The van der Waals surface area contributed by atoms with Crippen LogP contribution in [0.4, 0.5) is 0 Å². The van der Waals surface area contributed by atoms with E-state index in [4.69, 9.17) is 0 Å². The van der Waals surface area contributed by atoms with Crippen LogP contribution >= 0.6 is 27.7 Å². The van der Waals surface area contributed by atoms with Crippen LogP contribution in [0.2, 0.25) is 0 Å². The van der Waals surface area contributed by atoms with E-state index in [1.165, 1.54) is 0 Å². The van der Waals surface area contributed by atoms with E-state index >= 15 is 0 Å². The van der Waals surface area contributed by atoms with Crippen molar-refractivity contribution in [2.45, 2.75) is 22.9 Å². The van der Waals surface area contributed by atoms with Crippen molar-refractivity contribution in [2.75, 3.05) is 19.6 Å². The average molecular weight is 392 g/mol. The molecule has 0 spiro atoms. The molecule has 1 fully saturated rings. The number of benzene rings is 1. The lowest BCUT2D eigenvalue weighted by Gasteiger charge is -2.33. The summed E-state index contributed by atoms with van der Waals surface area (Å²) >= 11 is 5.03. The predicted octanol–water partition coefficient (Wildman–Crippen LogP) is 3.43. The molecular formula is C17H18BrN3OS. The zero-order valence-electron chi connectivity index (χ0n) is 12.8. The van der Waals surface area contributed by atoms with Gasteiger partial charge in [0.05, 0.1) is 0 Å². The number of halogens is 1. The lowest BCUT2D eigenvalue weighted by Crippen LogP contribution is -2.52. The maximum Gasteiger partial charge on any atom is 0.272 e. The van der Waals surface area contributed by atoms with Crippen LogP contribution in [0.25, 0.3) is 0 Å². The zero-order chi connectivity index (χ0) is 16.2. The molecule has 1 amide bonds. The van der Waals surface area contributed by atoms with Crippen molar-refractivity contribution in [1.29, 1.82) is 0 Å². The molecule has 3 rings (SSSR count). The van der Waals surface area contributed by atoms with E-state index in [1.54, 1.807) is 17.8 Å². The largest absolute Gasteiger partial charge is 0.332 e. The Balaban J connectivity index is 1.78. The summed E-state index contributed by atoms with van der Waals surface area (Å²) in [7, 11) is 0. The van der Waals surface area contributed by atoms with Gasteiger partial charge in [0.2, 0.25) is 0 Å². The molecule has 1 unspecified atom stereocenters. The molecule has 6 heteroatoms. The number of nitrogens with zero attached hydrogens (tertiary/aromatic N) is 2. The van der Waals surface area contributed by atoms with Crippen LogP contribution in [0.15, 0.2) is 56.9 Å². The number of hydrogen-bond acceptors (Lipinski definition) is 4. The second-order valence-electron chi connectivity index (χ2n) is 5.47. The van der Waals surface area contributed by atoms with Gasteiger partial charge in [-0.2, -0.15) is 0 Å².